The monoisotopic (exact) mass is 400 g/mol. The minimum absolute atomic E-state index is 0.0837. The molecule has 4 unspecified atom stereocenters. The molecule has 2 aliphatic rings. The van der Waals surface area contributed by atoms with Crippen LogP contribution in [0.15, 0.2) is 0 Å². The van der Waals surface area contributed by atoms with E-state index >= 15 is 0 Å². The van der Waals surface area contributed by atoms with E-state index in [4.69, 9.17) is 13.3 Å². The lowest BCUT2D eigenvalue weighted by atomic mass is 9.81. The average Bonchev–Trinajstić information content (AvgIpc) is 3.09. The van der Waals surface area contributed by atoms with Crippen molar-refractivity contribution in [3.63, 3.8) is 0 Å². The normalized spacial score (nSPS) is 27.8. The molecule has 2 fully saturated rings. The Hall–Kier alpha value is -0.153. The van der Waals surface area contributed by atoms with E-state index in [2.05, 4.69) is 0 Å². The molecule has 0 amide bonds. The third-order valence-corrected chi connectivity index (χ3v) is 7.81. The highest BCUT2D eigenvalue weighted by molar-refractivity contribution is 6.59. The summed E-state index contributed by atoms with van der Waals surface area (Å²) in [6.45, 7) is 10.6. The predicted molar refractivity (Wildman–Crippen MR) is 96.7 cm³/mol. The first-order valence-corrected chi connectivity index (χ1v) is 11.9. The van der Waals surface area contributed by atoms with Crippen LogP contribution in [0.5, 0.6) is 0 Å². The van der Waals surface area contributed by atoms with E-state index in [1.165, 1.54) is 6.42 Å². The SMILES string of the molecule is CC(O)(CC1CC2CCC1C2)C(F)(F)F.CCO[Si](C)(OCC)OCC. The van der Waals surface area contributed by atoms with Gasteiger partial charge in [-0.3, -0.25) is 0 Å². The van der Waals surface area contributed by atoms with Crippen molar-refractivity contribution >= 4 is 8.80 Å². The van der Waals surface area contributed by atoms with Gasteiger partial charge < -0.3 is 18.4 Å². The van der Waals surface area contributed by atoms with E-state index in [9.17, 15) is 18.3 Å². The van der Waals surface area contributed by atoms with Gasteiger partial charge in [0, 0.05) is 26.4 Å². The van der Waals surface area contributed by atoms with Gasteiger partial charge in [-0.15, -0.1) is 0 Å². The van der Waals surface area contributed by atoms with Gasteiger partial charge in [0.05, 0.1) is 0 Å². The van der Waals surface area contributed by atoms with E-state index in [0.29, 0.717) is 31.7 Å². The molecule has 8 heteroatoms. The van der Waals surface area contributed by atoms with E-state index in [1.807, 2.05) is 27.3 Å². The molecule has 0 spiro atoms. The quantitative estimate of drug-likeness (QED) is 0.595. The van der Waals surface area contributed by atoms with Crippen molar-refractivity contribution in [1.82, 2.24) is 0 Å². The topological polar surface area (TPSA) is 47.9 Å². The molecule has 2 rings (SSSR count). The first kappa shape index (κ1) is 23.9. The largest absolute Gasteiger partial charge is 0.497 e. The predicted octanol–water partition coefficient (Wildman–Crippen LogP) is 4.79. The smallest absolute Gasteiger partial charge is 0.381 e. The fourth-order valence-electron chi connectivity index (χ4n) is 4.16. The Labute approximate surface area is 156 Å². The lowest BCUT2D eigenvalue weighted by molar-refractivity contribution is -0.259. The zero-order chi connectivity index (χ0) is 20.0. The molecule has 2 saturated carbocycles. The van der Waals surface area contributed by atoms with Crippen LogP contribution in [0.25, 0.3) is 0 Å². The molecule has 0 heterocycles. The summed E-state index contributed by atoms with van der Waals surface area (Å²) < 4.78 is 53.7. The van der Waals surface area contributed by atoms with Crippen LogP contribution in [0.4, 0.5) is 13.2 Å². The molecule has 2 bridgehead atoms. The molecule has 4 nitrogen and oxygen atoms in total. The Balaban J connectivity index is 0.000000276. The van der Waals surface area contributed by atoms with Crippen molar-refractivity contribution in [3.05, 3.63) is 0 Å². The number of rotatable bonds is 8. The zero-order valence-corrected chi connectivity index (χ0v) is 17.7. The minimum Gasteiger partial charge on any atom is -0.381 e. The number of alkyl halides is 3. The minimum atomic E-state index is -4.49. The number of hydrogen-bond donors (Lipinski definition) is 1. The second-order valence-electron chi connectivity index (χ2n) is 7.57. The maximum absolute atomic E-state index is 12.5. The van der Waals surface area contributed by atoms with E-state index < -0.39 is 20.6 Å². The maximum atomic E-state index is 12.5. The van der Waals surface area contributed by atoms with Crippen molar-refractivity contribution in [2.75, 3.05) is 19.8 Å². The van der Waals surface area contributed by atoms with Gasteiger partial charge >= 0.3 is 15.0 Å². The molecule has 26 heavy (non-hydrogen) atoms. The molecule has 0 aliphatic heterocycles. The lowest BCUT2D eigenvalue weighted by Crippen LogP contribution is -2.44. The van der Waals surface area contributed by atoms with E-state index in [1.54, 1.807) is 0 Å². The Kier molecular flexibility index (Phi) is 9.06. The number of hydrogen-bond acceptors (Lipinski definition) is 4. The van der Waals surface area contributed by atoms with E-state index in [-0.39, 0.29) is 12.3 Å². The molecule has 156 valence electrons. The molecule has 1 N–H and O–H groups in total. The Bertz CT molecular complexity index is 401. The molecule has 0 aromatic heterocycles. The summed E-state index contributed by atoms with van der Waals surface area (Å²) >= 11 is 0. The first-order chi connectivity index (χ1) is 12.0. The van der Waals surface area contributed by atoms with Gasteiger partial charge in [0.2, 0.25) is 0 Å². The molecular formula is C18H35F3O4Si. The highest BCUT2D eigenvalue weighted by Crippen LogP contribution is 2.52. The van der Waals surface area contributed by atoms with Crippen LogP contribution in [0.2, 0.25) is 6.55 Å². The van der Waals surface area contributed by atoms with Crippen molar-refractivity contribution in [2.45, 2.75) is 78.1 Å². The summed E-state index contributed by atoms with van der Waals surface area (Å²) in [6, 6.07) is 0. The van der Waals surface area contributed by atoms with Crippen LogP contribution in [0, 0.1) is 17.8 Å². The molecule has 0 aromatic rings. The number of halogens is 3. The van der Waals surface area contributed by atoms with Gasteiger partial charge in [0.1, 0.15) is 0 Å². The molecule has 2 aliphatic carbocycles. The molecule has 0 aromatic carbocycles. The van der Waals surface area contributed by atoms with Gasteiger partial charge in [0.25, 0.3) is 0 Å². The van der Waals surface area contributed by atoms with Gasteiger partial charge in [-0.05, 0) is 71.1 Å². The third kappa shape index (κ3) is 6.78. The van der Waals surface area contributed by atoms with Crippen LogP contribution in [0.3, 0.4) is 0 Å². The molecule has 4 atom stereocenters. The second-order valence-corrected chi connectivity index (χ2v) is 10.2. The fraction of sp³-hybridized carbons (Fsp3) is 1.00. The number of aliphatic hydroxyl groups is 1. The van der Waals surface area contributed by atoms with Gasteiger partial charge in [-0.2, -0.15) is 13.2 Å². The number of fused-ring (bicyclic) bond motifs is 2. The van der Waals surface area contributed by atoms with Crippen LogP contribution < -0.4 is 0 Å². The van der Waals surface area contributed by atoms with E-state index in [0.717, 1.165) is 26.2 Å². The van der Waals surface area contributed by atoms with Gasteiger partial charge in [0.15, 0.2) is 5.60 Å². The van der Waals surface area contributed by atoms with Crippen LogP contribution in [-0.2, 0) is 13.3 Å². The second kappa shape index (κ2) is 9.86. The highest BCUT2D eigenvalue weighted by Gasteiger charge is 2.53. The summed E-state index contributed by atoms with van der Waals surface area (Å²) in [6.07, 6.45) is -0.402. The standard InChI is InChI=1S/C11H17F3O.C7H18O3Si/c1-10(15,11(12,13)14)6-9-5-7-2-3-8(9)4-7;1-5-8-11(4,9-6-2)10-7-3/h7-9,15H,2-6H2,1H3;5-7H2,1-4H3. The van der Waals surface area contributed by atoms with Gasteiger partial charge in [-0.1, -0.05) is 6.42 Å². The van der Waals surface area contributed by atoms with Gasteiger partial charge in [-0.25, -0.2) is 0 Å². The average molecular weight is 401 g/mol. The Morgan fingerprint density at radius 3 is 1.77 bits per heavy atom. The van der Waals surface area contributed by atoms with Crippen molar-refractivity contribution < 1.29 is 31.6 Å². The summed E-state index contributed by atoms with van der Waals surface area (Å²) in [4.78, 5) is 0. The third-order valence-electron chi connectivity index (χ3n) is 5.37. The van der Waals surface area contributed by atoms with Crippen LogP contribution in [0.1, 0.15) is 59.8 Å². The molecule has 0 saturated heterocycles. The van der Waals surface area contributed by atoms with Crippen LogP contribution in [-0.4, -0.2) is 45.5 Å². The summed E-state index contributed by atoms with van der Waals surface area (Å²) in [5.41, 5.74) is -2.50. The summed E-state index contributed by atoms with van der Waals surface area (Å²) in [5.74, 6) is 1.15. The van der Waals surface area contributed by atoms with Crippen LogP contribution >= 0.6 is 0 Å². The Morgan fingerprint density at radius 2 is 1.46 bits per heavy atom. The van der Waals surface area contributed by atoms with Crippen molar-refractivity contribution in [3.8, 4) is 0 Å². The zero-order valence-electron chi connectivity index (χ0n) is 16.7. The summed E-state index contributed by atoms with van der Waals surface area (Å²) in [7, 11) is -2.25. The van der Waals surface area contributed by atoms with Crippen molar-refractivity contribution in [2.24, 2.45) is 17.8 Å². The summed E-state index contributed by atoms with van der Waals surface area (Å²) in [5, 5.41) is 9.41. The maximum Gasteiger partial charge on any atom is 0.497 e. The van der Waals surface area contributed by atoms with Crippen molar-refractivity contribution in [1.29, 1.82) is 0 Å². The fourth-order valence-corrected chi connectivity index (χ4v) is 5.99. The lowest BCUT2D eigenvalue weighted by Gasteiger charge is -2.32. The molecular weight excluding hydrogens is 365 g/mol. The Morgan fingerprint density at radius 1 is 0.962 bits per heavy atom. The first-order valence-electron chi connectivity index (χ1n) is 9.68. The highest BCUT2D eigenvalue weighted by atomic mass is 28.4. The molecule has 0 radical (unpaired) electrons.